The predicted octanol–water partition coefficient (Wildman–Crippen LogP) is 3.41. The minimum Gasteiger partial charge on any atom is -0.466 e. The van der Waals surface area contributed by atoms with E-state index in [1.807, 2.05) is 18.2 Å². The second kappa shape index (κ2) is 4.29. The molecule has 2 heteroatoms. The first-order valence-corrected chi connectivity index (χ1v) is 6.56. The van der Waals surface area contributed by atoms with Crippen molar-refractivity contribution in [3.8, 4) is 0 Å². The SMILES string of the molecule is CC(O)(c1ccc2c(c1)CCCC2)c1ccco1. The first-order chi connectivity index (χ1) is 8.68. The minimum atomic E-state index is -1.05. The Morgan fingerprint density at radius 3 is 2.61 bits per heavy atom. The van der Waals surface area contributed by atoms with Crippen LogP contribution in [-0.2, 0) is 18.4 Å². The molecule has 94 valence electrons. The molecule has 1 atom stereocenters. The Bertz CT molecular complexity index is 538. The molecule has 0 spiro atoms. The van der Waals surface area contributed by atoms with Crippen LogP contribution in [0.2, 0.25) is 0 Å². The Hall–Kier alpha value is -1.54. The van der Waals surface area contributed by atoms with Gasteiger partial charge in [-0.25, -0.2) is 0 Å². The first-order valence-electron chi connectivity index (χ1n) is 6.56. The molecule has 2 aromatic rings. The lowest BCUT2D eigenvalue weighted by Crippen LogP contribution is -2.22. The van der Waals surface area contributed by atoms with Crippen LogP contribution < -0.4 is 0 Å². The maximum atomic E-state index is 10.7. The Kier molecular flexibility index (Phi) is 2.75. The molecule has 1 aliphatic carbocycles. The normalized spacial score (nSPS) is 18.1. The molecule has 1 aromatic carbocycles. The molecule has 0 fully saturated rings. The third kappa shape index (κ3) is 1.87. The van der Waals surface area contributed by atoms with Gasteiger partial charge < -0.3 is 9.52 Å². The lowest BCUT2D eigenvalue weighted by atomic mass is 9.85. The highest BCUT2D eigenvalue weighted by Gasteiger charge is 2.29. The van der Waals surface area contributed by atoms with Gasteiger partial charge in [0.2, 0.25) is 0 Å². The fraction of sp³-hybridized carbons (Fsp3) is 0.375. The number of aliphatic hydroxyl groups is 1. The molecule has 0 bridgehead atoms. The van der Waals surface area contributed by atoms with E-state index in [0.29, 0.717) is 5.76 Å². The zero-order chi connectivity index (χ0) is 12.6. The average molecular weight is 242 g/mol. The monoisotopic (exact) mass is 242 g/mol. The van der Waals surface area contributed by atoms with E-state index < -0.39 is 5.60 Å². The summed E-state index contributed by atoms with van der Waals surface area (Å²) in [5, 5.41) is 10.7. The highest BCUT2D eigenvalue weighted by molar-refractivity contribution is 5.39. The number of hydrogen-bond donors (Lipinski definition) is 1. The summed E-state index contributed by atoms with van der Waals surface area (Å²) in [6, 6.07) is 9.94. The van der Waals surface area contributed by atoms with Gasteiger partial charge in [0, 0.05) is 0 Å². The van der Waals surface area contributed by atoms with E-state index in [2.05, 4.69) is 12.1 Å². The Morgan fingerprint density at radius 1 is 1.11 bits per heavy atom. The Morgan fingerprint density at radius 2 is 1.89 bits per heavy atom. The fourth-order valence-electron chi connectivity index (χ4n) is 2.73. The summed E-state index contributed by atoms with van der Waals surface area (Å²) in [4.78, 5) is 0. The van der Waals surface area contributed by atoms with Crippen molar-refractivity contribution in [1.29, 1.82) is 0 Å². The van der Waals surface area contributed by atoms with Gasteiger partial charge in [-0.2, -0.15) is 0 Å². The van der Waals surface area contributed by atoms with E-state index in [1.54, 1.807) is 13.2 Å². The molecule has 3 rings (SSSR count). The highest BCUT2D eigenvalue weighted by Crippen LogP contribution is 2.32. The van der Waals surface area contributed by atoms with Gasteiger partial charge in [0.1, 0.15) is 11.4 Å². The molecule has 0 amide bonds. The highest BCUT2D eigenvalue weighted by atomic mass is 16.4. The number of aryl methyl sites for hydroxylation is 2. The number of furan rings is 1. The number of rotatable bonds is 2. The third-order valence-electron chi connectivity index (χ3n) is 3.91. The second-order valence-electron chi connectivity index (χ2n) is 5.24. The van der Waals surface area contributed by atoms with E-state index >= 15 is 0 Å². The Balaban J connectivity index is 2.02. The van der Waals surface area contributed by atoms with Crippen molar-refractivity contribution in [2.45, 2.75) is 38.2 Å². The van der Waals surface area contributed by atoms with Crippen LogP contribution >= 0.6 is 0 Å². The molecule has 1 aromatic heterocycles. The summed E-state index contributed by atoms with van der Waals surface area (Å²) in [6.07, 6.45) is 6.42. The lowest BCUT2D eigenvalue weighted by molar-refractivity contribution is 0.0766. The second-order valence-corrected chi connectivity index (χ2v) is 5.24. The van der Waals surface area contributed by atoms with E-state index in [4.69, 9.17) is 4.42 Å². The number of fused-ring (bicyclic) bond motifs is 1. The topological polar surface area (TPSA) is 33.4 Å². The molecule has 1 aliphatic rings. The van der Waals surface area contributed by atoms with Crippen LogP contribution in [0.15, 0.2) is 41.0 Å². The van der Waals surface area contributed by atoms with Gasteiger partial charge in [0.25, 0.3) is 0 Å². The van der Waals surface area contributed by atoms with Crippen molar-refractivity contribution in [3.63, 3.8) is 0 Å². The van der Waals surface area contributed by atoms with Crippen LogP contribution in [-0.4, -0.2) is 5.11 Å². The van der Waals surface area contributed by atoms with E-state index in [0.717, 1.165) is 12.0 Å². The maximum absolute atomic E-state index is 10.7. The van der Waals surface area contributed by atoms with Crippen molar-refractivity contribution >= 4 is 0 Å². The van der Waals surface area contributed by atoms with Crippen LogP contribution in [0.3, 0.4) is 0 Å². The first kappa shape index (κ1) is 11.5. The van der Waals surface area contributed by atoms with Gasteiger partial charge in [-0.05, 0) is 61.4 Å². The standard InChI is InChI=1S/C16H18O2/c1-16(17,15-7-4-10-18-15)14-9-8-12-5-2-3-6-13(12)11-14/h4,7-11,17H,2-3,5-6H2,1H3. The fourth-order valence-corrected chi connectivity index (χ4v) is 2.73. The molecule has 0 saturated carbocycles. The molecule has 2 nitrogen and oxygen atoms in total. The van der Waals surface area contributed by atoms with Crippen molar-refractivity contribution < 1.29 is 9.52 Å². The third-order valence-corrected chi connectivity index (χ3v) is 3.91. The zero-order valence-electron chi connectivity index (χ0n) is 10.6. The van der Waals surface area contributed by atoms with E-state index in [9.17, 15) is 5.11 Å². The summed E-state index contributed by atoms with van der Waals surface area (Å²) in [7, 11) is 0. The van der Waals surface area contributed by atoms with Gasteiger partial charge in [0.15, 0.2) is 0 Å². The largest absolute Gasteiger partial charge is 0.466 e. The van der Waals surface area contributed by atoms with Crippen LogP contribution in [0.25, 0.3) is 0 Å². The number of benzene rings is 1. The van der Waals surface area contributed by atoms with Crippen LogP contribution in [0, 0.1) is 0 Å². The predicted molar refractivity (Wildman–Crippen MR) is 70.5 cm³/mol. The van der Waals surface area contributed by atoms with Crippen LogP contribution in [0.1, 0.15) is 42.2 Å². The summed E-state index contributed by atoms with van der Waals surface area (Å²) in [5.41, 5.74) is 2.68. The average Bonchev–Trinajstić information content (AvgIpc) is 2.92. The summed E-state index contributed by atoms with van der Waals surface area (Å²) < 4.78 is 5.35. The summed E-state index contributed by atoms with van der Waals surface area (Å²) >= 11 is 0. The summed E-state index contributed by atoms with van der Waals surface area (Å²) in [6.45, 7) is 1.79. The van der Waals surface area contributed by atoms with Gasteiger partial charge in [0.05, 0.1) is 6.26 Å². The number of hydrogen-bond acceptors (Lipinski definition) is 2. The maximum Gasteiger partial charge on any atom is 0.144 e. The summed E-state index contributed by atoms with van der Waals surface area (Å²) in [5.74, 6) is 0.596. The molecule has 0 saturated heterocycles. The molecule has 18 heavy (non-hydrogen) atoms. The molecule has 0 aliphatic heterocycles. The molecular formula is C16H18O2. The van der Waals surface area contributed by atoms with Gasteiger partial charge in [-0.3, -0.25) is 0 Å². The van der Waals surface area contributed by atoms with Gasteiger partial charge in [-0.15, -0.1) is 0 Å². The van der Waals surface area contributed by atoms with E-state index in [-0.39, 0.29) is 0 Å². The molecule has 1 heterocycles. The molecular weight excluding hydrogens is 224 g/mol. The van der Waals surface area contributed by atoms with Gasteiger partial charge >= 0.3 is 0 Å². The van der Waals surface area contributed by atoms with E-state index in [1.165, 1.54) is 30.4 Å². The van der Waals surface area contributed by atoms with Crippen molar-refractivity contribution in [2.75, 3.05) is 0 Å². The minimum absolute atomic E-state index is 0.596. The quantitative estimate of drug-likeness (QED) is 0.875. The lowest BCUT2D eigenvalue weighted by Gasteiger charge is -2.24. The van der Waals surface area contributed by atoms with Gasteiger partial charge in [-0.1, -0.05) is 18.2 Å². The van der Waals surface area contributed by atoms with Crippen LogP contribution in [0.4, 0.5) is 0 Å². The molecule has 0 radical (unpaired) electrons. The Labute approximate surface area is 107 Å². The van der Waals surface area contributed by atoms with Crippen LogP contribution in [0.5, 0.6) is 0 Å². The zero-order valence-corrected chi connectivity index (χ0v) is 10.6. The molecule has 1 N–H and O–H groups in total. The van der Waals surface area contributed by atoms with Crippen molar-refractivity contribution in [2.24, 2.45) is 0 Å². The van der Waals surface area contributed by atoms with Crippen molar-refractivity contribution in [3.05, 3.63) is 59.0 Å². The van der Waals surface area contributed by atoms with Crippen molar-refractivity contribution in [1.82, 2.24) is 0 Å². The molecule has 1 unspecified atom stereocenters. The smallest absolute Gasteiger partial charge is 0.144 e.